The van der Waals surface area contributed by atoms with Gasteiger partial charge in [-0.05, 0) is 59.9 Å². The fourth-order valence-corrected chi connectivity index (χ4v) is 3.91. The number of benzene rings is 3. The predicted octanol–water partition coefficient (Wildman–Crippen LogP) is 4.26. The first-order valence-corrected chi connectivity index (χ1v) is 12.1. The van der Waals surface area contributed by atoms with Gasteiger partial charge < -0.3 is 25.6 Å². The molecular formula is C26H26N2O6S. The maximum Gasteiger partial charge on any atom is 0.326 e. The number of anilines is 1. The van der Waals surface area contributed by atoms with E-state index in [0.717, 1.165) is 5.56 Å². The van der Waals surface area contributed by atoms with E-state index >= 15 is 0 Å². The Morgan fingerprint density at radius 1 is 0.971 bits per heavy atom. The van der Waals surface area contributed by atoms with Crippen LogP contribution in [0.1, 0.15) is 27.1 Å². The third kappa shape index (κ3) is 6.54. The van der Waals surface area contributed by atoms with Gasteiger partial charge in [0.2, 0.25) is 0 Å². The van der Waals surface area contributed by atoms with Gasteiger partial charge in [-0.2, -0.15) is 11.8 Å². The van der Waals surface area contributed by atoms with Gasteiger partial charge in [0.15, 0.2) is 0 Å². The quantitative estimate of drug-likeness (QED) is 0.332. The molecule has 3 rings (SSSR count). The Kier molecular flexibility index (Phi) is 8.74. The molecule has 0 aliphatic carbocycles. The summed E-state index contributed by atoms with van der Waals surface area (Å²) in [5.74, 6) is -1.39. The van der Waals surface area contributed by atoms with Crippen molar-refractivity contribution in [3.8, 4) is 22.6 Å². The number of thioether (sulfide) groups is 1. The van der Waals surface area contributed by atoms with Crippen molar-refractivity contribution in [1.82, 2.24) is 5.32 Å². The standard InChI is InChI=1S/C26H26N2O6S/c1-34-18-9-11-20(23(29)15-18)25(31)27-17-8-10-19(21(14-17)16-6-4-3-5-7-16)24(30)28-22(26(32)33)12-13-35-2/h3-11,14-15,22,29H,12-13H2,1-2H3,(H,27,31)(H,28,30)(H,32,33)/t22-/m0/s1. The zero-order valence-electron chi connectivity index (χ0n) is 19.3. The molecule has 2 amide bonds. The van der Waals surface area contributed by atoms with Crippen molar-refractivity contribution in [2.24, 2.45) is 0 Å². The molecule has 0 aromatic heterocycles. The number of aliphatic carboxylic acids is 1. The van der Waals surface area contributed by atoms with Crippen LogP contribution in [-0.4, -0.2) is 53.2 Å². The normalized spacial score (nSPS) is 11.4. The summed E-state index contributed by atoms with van der Waals surface area (Å²) in [5.41, 5.74) is 1.98. The number of phenols is 1. The molecule has 0 heterocycles. The summed E-state index contributed by atoms with van der Waals surface area (Å²) < 4.78 is 5.04. The number of rotatable bonds is 10. The first-order valence-electron chi connectivity index (χ1n) is 10.7. The Hall–Kier alpha value is -3.98. The van der Waals surface area contributed by atoms with Crippen molar-refractivity contribution < 1.29 is 29.3 Å². The van der Waals surface area contributed by atoms with Gasteiger partial charge in [0.25, 0.3) is 11.8 Å². The van der Waals surface area contributed by atoms with Gasteiger partial charge in [-0.1, -0.05) is 30.3 Å². The molecule has 35 heavy (non-hydrogen) atoms. The molecule has 9 heteroatoms. The number of hydrogen-bond acceptors (Lipinski definition) is 6. The molecule has 3 aromatic rings. The number of carbonyl (C=O) groups excluding carboxylic acids is 2. The van der Waals surface area contributed by atoms with Crippen molar-refractivity contribution in [3.05, 3.63) is 77.9 Å². The van der Waals surface area contributed by atoms with Gasteiger partial charge in [0.1, 0.15) is 17.5 Å². The summed E-state index contributed by atoms with van der Waals surface area (Å²) in [4.78, 5) is 37.4. The minimum absolute atomic E-state index is 0.0620. The second-order valence-electron chi connectivity index (χ2n) is 7.61. The van der Waals surface area contributed by atoms with Crippen molar-refractivity contribution in [1.29, 1.82) is 0 Å². The maximum absolute atomic E-state index is 13.1. The minimum atomic E-state index is -1.10. The number of carboxylic acids is 1. The summed E-state index contributed by atoms with van der Waals surface area (Å²) >= 11 is 1.50. The van der Waals surface area contributed by atoms with Gasteiger partial charge in [-0.25, -0.2) is 4.79 Å². The molecule has 8 nitrogen and oxygen atoms in total. The highest BCUT2D eigenvalue weighted by Gasteiger charge is 2.23. The van der Waals surface area contributed by atoms with E-state index in [9.17, 15) is 24.6 Å². The molecule has 3 aromatic carbocycles. The van der Waals surface area contributed by atoms with E-state index < -0.39 is 23.8 Å². The summed E-state index contributed by atoms with van der Waals surface area (Å²) in [6, 6.07) is 17.2. The molecule has 0 saturated heterocycles. The van der Waals surface area contributed by atoms with Crippen LogP contribution in [0.2, 0.25) is 0 Å². The Morgan fingerprint density at radius 2 is 1.69 bits per heavy atom. The number of carboxylic acid groups (broad SMARTS) is 1. The van der Waals surface area contributed by atoms with Crippen LogP contribution in [-0.2, 0) is 4.79 Å². The van der Waals surface area contributed by atoms with Crippen molar-refractivity contribution in [3.63, 3.8) is 0 Å². The summed E-state index contributed by atoms with van der Waals surface area (Å²) in [6.07, 6.45) is 2.16. The van der Waals surface area contributed by atoms with Crippen molar-refractivity contribution in [2.75, 3.05) is 24.4 Å². The molecule has 1 atom stereocenters. The van der Waals surface area contributed by atoms with E-state index in [1.165, 1.54) is 37.1 Å². The molecule has 182 valence electrons. The van der Waals surface area contributed by atoms with E-state index in [4.69, 9.17) is 4.74 Å². The van der Waals surface area contributed by atoms with E-state index in [2.05, 4.69) is 10.6 Å². The molecular weight excluding hydrogens is 468 g/mol. The number of aromatic hydroxyl groups is 1. The first-order chi connectivity index (χ1) is 16.8. The Bertz CT molecular complexity index is 1220. The fraction of sp³-hybridized carbons (Fsp3) is 0.192. The third-order valence-corrected chi connectivity index (χ3v) is 5.91. The van der Waals surface area contributed by atoms with Crippen LogP contribution in [0.25, 0.3) is 11.1 Å². The second kappa shape index (κ2) is 11.9. The zero-order chi connectivity index (χ0) is 25.4. The highest BCUT2D eigenvalue weighted by Crippen LogP contribution is 2.29. The molecule has 0 saturated carbocycles. The van der Waals surface area contributed by atoms with Crippen LogP contribution >= 0.6 is 11.8 Å². The monoisotopic (exact) mass is 494 g/mol. The highest BCUT2D eigenvalue weighted by molar-refractivity contribution is 7.98. The van der Waals surface area contributed by atoms with Crippen LogP contribution in [0, 0.1) is 0 Å². The first kappa shape index (κ1) is 25.6. The van der Waals surface area contributed by atoms with Crippen LogP contribution in [0.15, 0.2) is 66.7 Å². The van der Waals surface area contributed by atoms with Gasteiger partial charge in [-0.15, -0.1) is 0 Å². The van der Waals surface area contributed by atoms with E-state index in [1.807, 2.05) is 36.6 Å². The summed E-state index contributed by atoms with van der Waals surface area (Å²) in [5, 5.41) is 25.0. The number of ether oxygens (including phenoxy) is 1. The lowest BCUT2D eigenvalue weighted by Crippen LogP contribution is -2.41. The largest absolute Gasteiger partial charge is 0.507 e. The Morgan fingerprint density at radius 3 is 2.31 bits per heavy atom. The maximum atomic E-state index is 13.1. The lowest BCUT2D eigenvalue weighted by molar-refractivity contribution is -0.139. The van der Waals surface area contributed by atoms with Crippen LogP contribution in [0.3, 0.4) is 0 Å². The van der Waals surface area contributed by atoms with E-state index in [0.29, 0.717) is 29.2 Å². The van der Waals surface area contributed by atoms with Gasteiger partial charge in [-0.3, -0.25) is 9.59 Å². The van der Waals surface area contributed by atoms with Crippen LogP contribution in [0.4, 0.5) is 5.69 Å². The predicted molar refractivity (Wildman–Crippen MR) is 136 cm³/mol. The average molecular weight is 495 g/mol. The molecule has 0 aliphatic rings. The lowest BCUT2D eigenvalue weighted by atomic mass is 9.98. The number of phenolic OH excluding ortho intramolecular Hbond substituents is 1. The zero-order valence-corrected chi connectivity index (χ0v) is 20.1. The molecule has 0 fully saturated rings. The molecule has 0 aliphatic heterocycles. The van der Waals surface area contributed by atoms with Gasteiger partial charge in [0, 0.05) is 17.3 Å². The van der Waals surface area contributed by atoms with Gasteiger partial charge in [0.05, 0.1) is 12.7 Å². The van der Waals surface area contributed by atoms with E-state index in [-0.39, 0.29) is 16.9 Å². The van der Waals surface area contributed by atoms with Crippen molar-refractivity contribution >= 4 is 35.2 Å². The number of carbonyl (C=O) groups is 3. The smallest absolute Gasteiger partial charge is 0.326 e. The molecule has 0 spiro atoms. The molecule has 4 N–H and O–H groups in total. The SMILES string of the molecule is COc1ccc(C(=O)Nc2ccc(C(=O)N[C@@H](CCSC)C(=O)O)c(-c3ccccc3)c2)c(O)c1. The second-order valence-corrected chi connectivity index (χ2v) is 8.59. The van der Waals surface area contributed by atoms with E-state index in [1.54, 1.807) is 18.2 Å². The highest BCUT2D eigenvalue weighted by atomic mass is 32.2. The number of hydrogen-bond donors (Lipinski definition) is 4. The Labute approximate surface area is 207 Å². The number of nitrogens with one attached hydrogen (secondary N) is 2. The lowest BCUT2D eigenvalue weighted by Gasteiger charge is -2.17. The Balaban J connectivity index is 1.92. The van der Waals surface area contributed by atoms with Crippen LogP contribution < -0.4 is 15.4 Å². The molecule has 0 radical (unpaired) electrons. The van der Waals surface area contributed by atoms with Gasteiger partial charge >= 0.3 is 5.97 Å². The average Bonchev–Trinajstić information content (AvgIpc) is 2.86. The van der Waals surface area contributed by atoms with Crippen LogP contribution in [0.5, 0.6) is 11.5 Å². The fourth-order valence-electron chi connectivity index (χ4n) is 3.43. The number of amides is 2. The van der Waals surface area contributed by atoms with Crippen molar-refractivity contribution in [2.45, 2.75) is 12.5 Å². The molecule has 0 bridgehead atoms. The molecule has 0 unspecified atom stereocenters. The third-order valence-electron chi connectivity index (χ3n) is 5.27. The number of methoxy groups -OCH3 is 1. The summed E-state index contributed by atoms with van der Waals surface area (Å²) in [7, 11) is 1.46. The summed E-state index contributed by atoms with van der Waals surface area (Å²) in [6.45, 7) is 0. The topological polar surface area (TPSA) is 125 Å². The minimum Gasteiger partial charge on any atom is -0.507 e.